The third-order valence-electron chi connectivity index (χ3n) is 19.1. The number of rotatable bonds is 10. The Balaban J connectivity index is 1.00. The third kappa shape index (κ3) is 7.16. The van der Waals surface area contributed by atoms with Crippen molar-refractivity contribution in [1.82, 2.24) is 8.80 Å². The molecule has 0 amide bonds. The summed E-state index contributed by atoms with van der Waals surface area (Å²) in [6.45, 7) is 0. The van der Waals surface area contributed by atoms with Gasteiger partial charge in [0.05, 0.1) is 44.5 Å². The second kappa shape index (κ2) is 19.1. The van der Waals surface area contributed by atoms with Gasteiger partial charge in [0.1, 0.15) is 0 Å². The fourth-order valence-electron chi connectivity index (χ4n) is 15.5. The molecule has 11 aromatic carbocycles. The molecule has 0 radical (unpaired) electrons. The van der Waals surface area contributed by atoms with E-state index in [2.05, 4.69) is 261 Å². The van der Waals surface area contributed by atoms with Gasteiger partial charge >= 0.3 is 0 Å². The van der Waals surface area contributed by atoms with Crippen LogP contribution in [0.25, 0.3) is 98.4 Å². The second-order valence-electron chi connectivity index (χ2n) is 23.5. The largest absolute Gasteiger partial charge is 0.310 e. The van der Waals surface area contributed by atoms with Gasteiger partial charge in [-0.1, -0.05) is 208 Å². The minimum atomic E-state index is 0.635. The standard InChI is InChI=1S/C78H62N4/c1-7-23-51(24-8-1)53-39-43-59(44-40-53)79(57-31-15-5-16-32-57)67-49-47-63-73-69(55-27-11-3-12-28-55)78-74(70(56-29-13-4-14-30-56)77(73)81-65-37-21-19-35-61(65)71(67)75(63)81)64-48-50-68(72-62-36-20-22-38-66(62)82(78)76(64)72)80(58-33-17-6-18-34-58)60-45-41-54(42-46-60)52-25-9-2-10-26-52/h3-6,11-22,27-52H,1-2,7-10,23-26H2. The highest BCUT2D eigenvalue weighted by Crippen LogP contribution is 2.57. The Labute approximate surface area is 478 Å². The summed E-state index contributed by atoms with van der Waals surface area (Å²) < 4.78 is 5.32. The summed E-state index contributed by atoms with van der Waals surface area (Å²) in [7, 11) is 0. The van der Waals surface area contributed by atoms with E-state index >= 15 is 0 Å². The Morgan fingerprint density at radius 2 is 0.610 bits per heavy atom. The fraction of sp³-hybridized carbons (Fsp3) is 0.154. The van der Waals surface area contributed by atoms with Gasteiger partial charge in [-0.3, -0.25) is 0 Å². The fourth-order valence-corrected chi connectivity index (χ4v) is 15.5. The molecule has 4 aromatic heterocycles. The summed E-state index contributed by atoms with van der Waals surface area (Å²) in [6, 6.07) is 92.0. The van der Waals surface area contributed by atoms with E-state index in [0.29, 0.717) is 11.8 Å². The van der Waals surface area contributed by atoms with Gasteiger partial charge in [0, 0.05) is 77.0 Å². The number of aromatic nitrogens is 2. The van der Waals surface area contributed by atoms with Crippen LogP contribution in [0.3, 0.4) is 0 Å². The predicted octanol–water partition coefficient (Wildman–Crippen LogP) is 22.4. The number of para-hydroxylation sites is 4. The Morgan fingerprint density at radius 1 is 0.268 bits per heavy atom. The maximum atomic E-state index is 2.66. The van der Waals surface area contributed by atoms with Crippen molar-refractivity contribution in [2.24, 2.45) is 0 Å². The Morgan fingerprint density at radius 3 is 1.00 bits per heavy atom. The smallest absolute Gasteiger partial charge is 0.0642 e. The lowest BCUT2D eigenvalue weighted by atomic mass is 9.84. The zero-order valence-electron chi connectivity index (χ0n) is 46.1. The third-order valence-corrected chi connectivity index (χ3v) is 19.1. The lowest BCUT2D eigenvalue weighted by Crippen LogP contribution is -2.11. The van der Waals surface area contributed by atoms with Gasteiger partial charge in [0.15, 0.2) is 0 Å². The van der Waals surface area contributed by atoms with Crippen molar-refractivity contribution in [2.75, 3.05) is 9.80 Å². The number of hydrogen-bond donors (Lipinski definition) is 0. The SMILES string of the molecule is c1ccc(-c2c3c4ccc(N(c5ccccc5)c5ccc(C6CCCCC6)cc5)c5c6ccccc6n(c3c(-c3ccccc3)c3c6ccc(N(c7ccccc7)c7ccc(C8CCCCC8)cc7)c7c8ccccc8n(c23)c67)c45)cc1. The van der Waals surface area contributed by atoms with Gasteiger partial charge in [-0.05, 0) is 133 Å². The van der Waals surface area contributed by atoms with E-state index in [0.717, 1.165) is 11.4 Å². The van der Waals surface area contributed by atoms with Crippen molar-refractivity contribution in [1.29, 1.82) is 0 Å². The van der Waals surface area contributed by atoms with Crippen LogP contribution >= 0.6 is 0 Å². The Kier molecular flexibility index (Phi) is 11.1. The van der Waals surface area contributed by atoms with Crippen LogP contribution in [0.5, 0.6) is 0 Å². The minimum Gasteiger partial charge on any atom is -0.310 e. The molecule has 82 heavy (non-hydrogen) atoms. The molecule has 4 heterocycles. The quantitative estimate of drug-likeness (QED) is 0.136. The maximum absolute atomic E-state index is 2.66. The highest BCUT2D eigenvalue weighted by molar-refractivity contribution is 6.39. The molecule has 2 aliphatic carbocycles. The number of anilines is 6. The average Bonchev–Trinajstić information content (AvgIpc) is 2.84. The molecule has 4 heteroatoms. The van der Waals surface area contributed by atoms with Crippen LogP contribution in [0.15, 0.2) is 243 Å². The van der Waals surface area contributed by atoms with Crippen LogP contribution in [0.4, 0.5) is 34.1 Å². The molecule has 2 saturated carbocycles. The topological polar surface area (TPSA) is 15.3 Å². The van der Waals surface area contributed by atoms with Gasteiger partial charge in [-0.15, -0.1) is 0 Å². The molecule has 0 unspecified atom stereocenters. The van der Waals surface area contributed by atoms with E-state index in [1.807, 2.05) is 0 Å². The molecule has 0 atom stereocenters. The van der Waals surface area contributed by atoms with Crippen molar-refractivity contribution < 1.29 is 0 Å². The summed E-state index contributed by atoms with van der Waals surface area (Å²) in [6.07, 6.45) is 13.1. The highest BCUT2D eigenvalue weighted by atomic mass is 15.2. The van der Waals surface area contributed by atoms with Gasteiger partial charge in [0.2, 0.25) is 0 Å². The molecule has 15 aromatic rings. The van der Waals surface area contributed by atoms with E-state index in [1.54, 1.807) is 0 Å². The molecule has 17 rings (SSSR count). The van der Waals surface area contributed by atoms with Crippen molar-refractivity contribution >= 4 is 110 Å². The zero-order valence-corrected chi connectivity index (χ0v) is 46.1. The molecule has 0 aliphatic heterocycles. The Hall–Kier alpha value is -9.38. The monoisotopic (exact) mass is 1050 g/mol. The lowest BCUT2D eigenvalue weighted by Gasteiger charge is -2.28. The van der Waals surface area contributed by atoms with Gasteiger partial charge in [0.25, 0.3) is 0 Å². The normalized spacial score (nSPS) is 14.7. The van der Waals surface area contributed by atoms with E-state index in [4.69, 9.17) is 0 Å². The summed E-state index contributed by atoms with van der Waals surface area (Å²) in [4.78, 5) is 5.03. The Bertz CT molecular complexity index is 4520. The molecule has 0 bridgehead atoms. The zero-order chi connectivity index (χ0) is 53.8. The first-order valence-corrected chi connectivity index (χ1v) is 30.2. The van der Waals surface area contributed by atoms with Crippen LogP contribution < -0.4 is 9.80 Å². The van der Waals surface area contributed by atoms with E-state index in [9.17, 15) is 0 Å². The first-order valence-electron chi connectivity index (χ1n) is 30.2. The number of fused-ring (bicyclic) bond motifs is 12. The van der Waals surface area contributed by atoms with Crippen LogP contribution in [0.1, 0.15) is 87.2 Å². The van der Waals surface area contributed by atoms with Crippen molar-refractivity contribution in [3.05, 3.63) is 254 Å². The first-order chi connectivity index (χ1) is 40.8. The van der Waals surface area contributed by atoms with Crippen LogP contribution in [-0.4, -0.2) is 8.80 Å². The molecule has 2 fully saturated rings. The summed E-state index contributed by atoms with van der Waals surface area (Å²) in [5.74, 6) is 1.27. The van der Waals surface area contributed by atoms with E-state index in [1.165, 1.54) is 197 Å². The van der Waals surface area contributed by atoms with E-state index < -0.39 is 0 Å². The number of benzene rings is 11. The summed E-state index contributed by atoms with van der Waals surface area (Å²) >= 11 is 0. The number of hydrogen-bond acceptors (Lipinski definition) is 2. The maximum Gasteiger partial charge on any atom is 0.0642 e. The van der Waals surface area contributed by atoms with Gasteiger partial charge in [-0.25, -0.2) is 0 Å². The molecule has 4 nitrogen and oxygen atoms in total. The molecular weight excluding hydrogens is 993 g/mol. The molecule has 0 saturated heterocycles. The second-order valence-corrected chi connectivity index (χ2v) is 23.5. The minimum absolute atomic E-state index is 0.635. The first kappa shape index (κ1) is 47.4. The molecule has 394 valence electrons. The molecular formula is C78H62N4. The van der Waals surface area contributed by atoms with Gasteiger partial charge in [-0.2, -0.15) is 0 Å². The summed E-state index contributed by atoms with van der Waals surface area (Å²) in [5, 5.41) is 10.1. The predicted molar refractivity (Wildman–Crippen MR) is 348 cm³/mol. The van der Waals surface area contributed by atoms with E-state index in [-0.39, 0.29) is 0 Å². The highest BCUT2D eigenvalue weighted by Gasteiger charge is 2.33. The van der Waals surface area contributed by atoms with Crippen molar-refractivity contribution in [3.8, 4) is 22.3 Å². The molecule has 0 spiro atoms. The van der Waals surface area contributed by atoms with Crippen LogP contribution in [0.2, 0.25) is 0 Å². The molecule has 0 N–H and O–H groups in total. The number of nitrogens with zero attached hydrogens (tertiary/aromatic N) is 4. The van der Waals surface area contributed by atoms with Crippen molar-refractivity contribution in [3.63, 3.8) is 0 Å². The van der Waals surface area contributed by atoms with Crippen molar-refractivity contribution in [2.45, 2.75) is 76.0 Å². The lowest BCUT2D eigenvalue weighted by molar-refractivity contribution is 0.443. The molecule has 2 aliphatic rings. The van der Waals surface area contributed by atoms with Crippen LogP contribution in [0, 0.1) is 0 Å². The summed E-state index contributed by atoms with van der Waals surface area (Å²) in [5.41, 5.74) is 22.2. The van der Waals surface area contributed by atoms with Crippen LogP contribution in [-0.2, 0) is 0 Å². The average molecular weight is 1060 g/mol. The van der Waals surface area contributed by atoms with Gasteiger partial charge < -0.3 is 18.6 Å².